The summed E-state index contributed by atoms with van der Waals surface area (Å²) in [4.78, 5) is 0. The molecule has 1 aromatic rings. The Morgan fingerprint density at radius 2 is 1.89 bits per heavy atom. The Hall–Kier alpha value is -1.22. The van der Waals surface area contributed by atoms with E-state index in [9.17, 15) is 0 Å². The summed E-state index contributed by atoms with van der Waals surface area (Å²) in [6.45, 7) is 4.30. The summed E-state index contributed by atoms with van der Waals surface area (Å²) in [7, 11) is 1.67. The molecule has 1 saturated carbocycles. The molecule has 0 aliphatic heterocycles. The fourth-order valence-electron chi connectivity index (χ4n) is 2.65. The second-order valence-electron chi connectivity index (χ2n) is 5.69. The van der Waals surface area contributed by atoms with Crippen LogP contribution in [-0.4, -0.2) is 13.2 Å². The van der Waals surface area contributed by atoms with Crippen molar-refractivity contribution < 1.29 is 9.47 Å². The number of methoxy groups -OCH3 is 1. The van der Waals surface area contributed by atoms with E-state index in [1.807, 2.05) is 25.1 Å². The molecule has 0 amide bonds. The summed E-state index contributed by atoms with van der Waals surface area (Å²) in [5.74, 6) is 2.54. The molecule has 0 radical (unpaired) electrons. The van der Waals surface area contributed by atoms with Crippen molar-refractivity contribution in [1.82, 2.24) is 0 Å². The summed E-state index contributed by atoms with van der Waals surface area (Å²) in [6.07, 6.45) is 5.10. The van der Waals surface area contributed by atoms with Crippen molar-refractivity contribution in [3.63, 3.8) is 0 Å². The second kappa shape index (κ2) is 6.29. The third kappa shape index (κ3) is 3.63. The summed E-state index contributed by atoms with van der Waals surface area (Å²) in [5, 5.41) is 0. The number of nitrogens with two attached hydrogens (primary N) is 1. The molecule has 1 unspecified atom stereocenters. The number of benzene rings is 1. The van der Waals surface area contributed by atoms with Gasteiger partial charge in [0.1, 0.15) is 11.5 Å². The van der Waals surface area contributed by atoms with Crippen LogP contribution in [0.1, 0.15) is 51.1 Å². The first-order valence-corrected chi connectivity index (χ1v) is 7.20. The molecule has 1 aliphatic carbocycles. The Morgan fingerprint density at radius 3 is 2.47 bits per heavy atom. The average molecular weight is 263 g/mol. The summed E-state index contributed by atoms with van der Waals surface area (Å²) in [6, 6.07) is 5.87. The molecule has 3 heteroatoms. The van der Waals surface area contributed by atoms with E-state index in [2.05, 4.69) is 6.92 Å². The molecule has 0 saturated heterocycles. The Labute approximate surface area is 116 Å². The van der Waals surface area contributed by atoms with Gasteiger partial charge in [0.25, 0.3) is 0 Å². The van der Waals surface area contributed by atoms with Crippen LogP contribution in [0.3, 0.4) is 0 Å². The van der Waals surface area contributed by atoms with Crippen LogP contribution in [0.4, 0.5) is 0 Å². The largest absolute Gasteiger partial charge is 0.497 e. The van der Waals surface area contributed by atoms with Gasteiger partial charge in [-0.2, -0.15) is 0 Å². The Kier molecular flexibility index (Phi) is 4.70. The van der Waals surface area contributed by atoms with Crippen molar-refractivity contribution in [3.8, 4) is 11.5 Å². The van der Waals surface area contributed by atoms with Crippen LogP contribution in [0.25, 0.3) is 0 Å². The van der Waals surface area contributed by atoms with Crippen LogP contribution in [0.2, 0.25) is 0 Å². The maximum atomic E-state index is 6.18. The molecule has 2 rings (SSSR count). The van der Waals surface area contributed by atoms with Crippen molar-refractivity contribution in [1.29, 1.82) is 0 Å². The minimum atomic E-state index is -0.0246. The quantitative estimate of drug-likeness (QED) is 0.901. The molecule has 1 fully saturated rings. The van der Waals surface area contributed by atoms with Gasteiger partial charge in [-0.25, -0.2) is 0 Å². The monoisotopic (exact) mass is 263 g/mol. The van der Waals surface area contributed by atoms with Gasteiger partial charge in [0.05, 0.1) is 13.2 Å². The van der Waals surface area contributed by atoms with Crippen molar-refractivity contribution in [2.75, 3.05) is 7.11 Å². The third-order valence-electron chi connectivity index (χ3n) is 3.97. The normalized spacial score (nSPS) is 24.8. The predicted octanol–water partition coefficient (Wildman–Crippen LogP) is 3.67. The molecule has 0 aromatic heterocycles. The second-order valence-corrected chi connectivity index (χ2v) is 5.69. The number of hydrogen-bond acceptors (Lipinski definition) is 3. The standard InChI is InChI=1S/C16H25NO2/c1-11-4-6-13(7-5-11)19-16-10-14(18-3)8-9-15(16)12(2)17/h8-13H,4-7,17H2,1-3H3. The zero-order valence-electron chi connectivity index (χ0n) is 12.2. The van der Waals surface area contributed by atoms with E-state index in [1.54, 1.807) is 7.11 Å². The fourth-order valence-corrected chi connectivity index (χ4v) is 2.65. The lowest BCUT2D eigenvalue weighted by Crippen LogP contribution is -2.24. The summed E-state index contributed by atoms with van der Waals surface area (Å²) >= 11 is 0. The number of ether oxygens (including phenoxy) is 2. The zero-order valence-corrected chi connectivity index (χ0v) is 12.2. The Bertz CT molecular complexity index is 409. The van der Waals surface area contributed by atoms with Gasteiger partial charge >= 0.3 is 0 Å². The molecular weight excluding hydrogens is 238 g/mol. The van der Waals surface area contributed by atoms with Crippen LogP contribution >= 0.6 is 0 Å². The summed E-state index contributed by atoms with van der Waals surface area (Å²) < 4.78 is 11.5. The minimum absolute atomic E-state index is 0.0246. The lowest BCUT2D eigenvalue weighted by Gasteiger charge is -2.28. The molecule has 1 aromatic carbocycles. The first-order chi connectivity index (χ1) is 9.10. The lowest BCUT2D eigenvalue weighted by atomic mass is 9.89. The van der Waals surface area contributed by atoms with Crippen LogP contribution in [0.5, 0.6) is 11.5 Å². The SMILES string of the molecule is COc1ccc(C(C)N)c(OC2CCC(C)CC2)c1. The van der Waals surface area contributed by atoms with Gasteiger partial charge in [-0.3, -0.25) is 0 Å². The smallest absolute Gasteiger partial charge is 0.128 e. The molecule has 0 bridgehead atoms. The van der Waals surface area contributed by atoms with E-state index in [0.29, 0.717) is 6.10 Å². The molecule has 2 N–H and O–H groups in total. The highest BCUT2D eigenvalue weighted by atomic mass is 16.5. The summed E-state index contributed by atoms with van der Waals surface area (Å²) in [5.41, 5.74) is 7.07. The van der Waals surface area contributed by atoms with E-state index in [-0.39, 0.29) is 6.04 Å². The molecular formula is C16H25NO2. The highest BCUT2D eigenvalue weighted by Crippen LogP contribution is 2.33. The topological polar surface area (TPSA) is 44.5 Å². The Morgan fingerprint density at radius 1 is 1.21 bits per heavy atom. The average Bonchev–Trinajstić information content (AvgIpc) is 2.41. The van der Waals surface area contributed by atoms with E-state index < -0.39 is 0 Å². The highest BCUT2D eigenvalue weighted by Gasteiger charge is 2.21. The first-order valence-electron chi connectivity index (χ1n) is 7.20. The fraction of sp³-hybridized carbons (Fsp3) is 0.625. The van der Waals surface area contributed by atoms with Gasteiger partial charge in [0, 0.05) is 17.7 Å². The molecule has 106 valence electrons. The molecule has 0 spiro atoms. The van der Waals surface area contributed by atoms with E-state index in [0.717, 1.165) is 35.8 Å². The van der Waals surface area contributed by atoms with Gasteiger partial charge in [0.15, 0.2) is 0 Å². The molecule has 0 heterocycles. The van der Waals surface area contributed by atoms with Crippen LogP contribution in [-0.2, 0) is 0 Å². The number of rotatable bonds is 4. The van der Waals surface area contributed by atoms with Crippen LogP contribution in [0, 0.1) is 5.92 Å². The van der Waals surface area contributed by atoms with Crippen molar-refractivity contribution >= 4 is 0 Å². The van der Waals surface area contributed by atoms with Crippen LogP contribution < -0.4 is 15.2 Å². The maximum absolute atomic E-state index is 6.18. The lowest BCUT2D eigenvalue weighted by molar-refractivity contribution is 0.133. The van der Waals surface area contributed by atoms with Crippen molar-refractivity contribution in [2.45, 2.75) is 51.7 Å². The highest BCUT2D eigenvalue weighted by molar-refractivity contribution is 5.42. The molecule has 3 nitrogen and oxygen atoms in total. The third-order valence-corrected chi connectivity index (χ3v) is 3.97. The van der Waals surface area contributed by atoms with Gasteiger partial charge in [-0.15, -0.1) is 0 Å². The first kappa shape index (κ1) is 14.2. The molecule has 1 aliphatic rings. The van der Waals surface area contributed by atoms with Gasteiger partial charge in [-0.05, 0) is 44.6 Å². The van der Waals surface area contributed by atoms with Gasteiger partial charge < -0.3 is 15.2 Å². The molecule has 1 atom stereocenters. The van der Waals surface area contributed by atoms with Crippen LogP contribution in [0.15, 0.2) is 18.2 Å². The van der Waals surface area contributed by atoms with Crippen molar-refractivity contribution in [3.05, 3.63) is 23.8 Å². The predicted molar refractivity (Wildman–Crippen MR) is 77.6 cm³/mol. The van der Waals surface area contributed by atoms with Gasteiger partial charge in [-0.1, -0.05) is 13.0 Å². The van der Waals surface area contributed by atoms with E-state index in [4.69, 9.17) is 15.2 Å². The van der Waals surface area contributed by atoms with Gasteiger partial charge in [0.2, 0.25) is 0 Å². The molecule has 19 heavy (non-hydrogen) atoms. The zero-order chi connectivity index (χ0) is 13.8. The van der Waals surface area contributed by atoms with Crippen molar-refractivity contribution in [2.24, 2.45) is 11.7 Å². The Balaban J connectivity index is 2.13. The maximum Gasteiger partial charge on any atom is 0.128 e. The minimum Gasteiger partial charge on any atom is -0.497 e. The van der Waals surface area contributed by atoms with E-state index >= 15 is 0 Å². The number of hydrogen-bond donors (Lipinski definition) is 1. The van der Waals surface area contributed by atoms with E-state index in [1.165, 1.54) is 12.8 Å².